The SMILES string of the molecule is CCOCCNC(C(=O)Nc1ccc(-c2cc[nH]c2)cc1)c1cccc(OC)c1. The fraction of sp³-hybridized carbons (Fsp3) is 0.261. The quantitative estimate of drug-likeness (QED) is 0.455. The molecule has 1 unspecified atom stereocenters. The first-order valence-electron chi connectivity index (χ1n) is 9.70. The normalized spacial score (nSPS) is 11.8. The Bertz CT molecular complexity index is 892. The lowest BCUT2D eigenvalue weighted by atomic mass is 10.0. The molecule has 0 saturated heterocycles. The minimum atomic E-state index is -0.519. The third kappa shape index (κ3) is 5.70. The maximum Gasteiger partial charge on any atom is 0.246 e. The molecule has 0 aliphatic carbocycles. The van der Waals surface area contributed by atoms with Crippen LogP contribution in [0.15, 0.2) is 67.0 Å². The van der Waals surface area contributed by atoms with Gasteiger partial charge in [-0.2, -0.15) is 0 Å². The Kier molecular flexibility index (Phi) is 7.44. The zero-order chi connectivity index (χ0) is 20.5. The lowest BCUT2D eigenvalue weighted by molar-refractivity contribution is -0.118. The Hall–Kier alpha value is -3.09. The van der Waals surface area contributed by atoms with Gasteiger partial charge >= 0.3 is 0 Å². The number of rotatable bonds is 10. The minimum absolute atomic E-state index is 0.135. The van der Waals surface area contributed by atoms with Gasteiger partial charge in [-0.3, -0.25) is 10.1 Å². The van der Waals surface area contributed by atoms with Crippen molar-refractivity contribution >= 4 is 11.6 Å². The number of carbonyl (C=O) groups is 1. The Balaban J connectivity index is 1.72. The molecule has 29 heavy (non-hydrogen) atoms. The molecule has 2 aromatic carbocycles. The molecule has 1 atom stereocenters. The number of benzene rings is 2. The van der Waals surface area contributed by atoms with Gasteiger partial charge in [0, 0.05) is 31.2 Å². The molecule has 3 rings (SSSR count). The number of carbonyl (C=O) groups excluding carboxylic acids is 1. The number of anilines is 1. The number of ether oxygens (including phenoxy) is 2. The third-order valence-corrected chi connectivity index (χ3v) is 4.57. The molecule has 6 nitrogen and oxygen atoms in total. The van der Waals surface area contributed by atoms with Crippen molar-refractivity contribution in [3.8, 4) is 16.9 Å². The van der Waals surface area contributed by atoms with Crippen molar-refractivity contribution < 1.29 is 14.3 Å². The Morgan fingerprint density at radius 3 is 2.62 bits per heavy atom. The van der Waals surface area contributed by atoms with E-state index in [2.05, 4.69) is 15.6 Å². The molecule has 0 bridgehead atoms. The topological polar surface area (TPSA) is 75.4 Å². The van der Waals surface area contributed by atoms with E-state index in [0.717, 1.165) is 22.4 Å². The molecule has 152 valence electrons. The molecule has 0 aliphatic rings. The number of nitrogens with one attached hydrogen (secondary N) is 3. The van der Waals surface area contributed by atoms with Crippen LogP contribution < -0.4 is 15.4 Å². The number of amides is 1. The van der Waals surface area contributed by atoms with Gasteiger partial charge in [0.15, 0.2) is 0 Å². The summed E-state index contributed by atoms with van der Waals surface area (Å²) in [5.74, 6) is 0.576. The van der Waals surface area contributed by atoms with Crippen LogP contribution in [0, 0.1) is 0 Å². The first-order chi connectivity index (χ1) is 14.2. The van der Waals surface area contributed by atoms with E-state index in [1.54, 1.807) is 7.11 Å². The lowest BCUT2D eigenvalue weighted by Gasteiger charge is -2.19. The molecular formula is C23H27N3O3. The monoisotopic (exact) mass is 393 g/mol. The molecular weight excluding hydrogens is 366 g/mol. The summed E-state index contributed by atoms with van der Waals surface area (Å²) >= 11 is 0. The average Bonchev–Trinajstić information content (AvgIpc) is 3.29. The molecule has 1 amide bonds. The standard InChI is InChI=1S/C23H27N3O3/c1-3-29-14-13-25-22(18-5-4-6-21(15-18)28-2)23(27)26-20-9-7-17(8-10-20)19-11-12-24-16-19/h4-12,15-16,22,24-25H,3,13-14H2,1-2H3,(H,26,27). The molecule has 0 aliphatic heterocycles. The van der Waals surface area contributed by atoms with Gasteiger partial charge in [0.05, 0.1) is 13.7 Å². The highest BCUT2D eigenvalue weighted by molar-refractivity contribution is 5.95. The van der Waals surface area contributed by atoms with Crippen molar-refractivity contribution in [3.05, 3.63) is 72.6 Å². The van der Waals surface area contributed by atoms with Crippen molar-refractivity contribution in [1.82, 2.24) is 10.3 Å². The summed E-state index contributed by atoms with van der Waals surface area (Å²) in [7, 11) is 1.61. The number of hydrogen-bond donors (Lipinski definition) is 3. The molecule has 3 aromatic rings. The Labute approximate surface area is 171 Å². The van der Waals surface area contributed by atoms with E-state index in [4.69, 9.17) is 9.47 Å². The largest absolute Gasteiger partial charge is 0.497 e. The van der Waals surface area contributed by atoms with Gasteiger partial charge < -0.3 is 19.8 Å². The van der Waals surface area contributed by atoms with E-state index >= 15 is 0 Å². The van der Waals surface area contributed by atoms with E-state index in [1.165, 1.54) is 0 Å². The van der Waals surface area contributed by atoms with E-state index < -0.39 is 6.04 Å². The predicted octanol–water partition coefficient (Wildman–Crippen LogP) is 4.00. The average molecular weight is 393 g/mol. The fourth-order valence-corrected chi connectivity index (χ4v) is 3.07. The Morgan fingerprint density at radius 2 is 1.93 bits per heavy atom. The first-order valence-corrected chi connectivity index (χ1v) is 9.70. The third-order valence-electron chi connectivity index (χ3n) is 4.57. The van der Waals surface area contributed by atoms with Gasteiger partial charge in [0.1, 0.15) is 11.8 Å². The number of methoxy groups -OCH3 is 1. The maximum absolute atomic E-state index is 13.0. The highest BCUT2D eigenvalue weighted by Gasteiger charge is 2.21. The van der Waals surface area contributed by atoms with Crippen LogP contribution in [0.25, 0.3) is 11.1 Å². The van der Waals surface area contributed by atoms with E-state index in [1.807, 2.05) is 73.9 Å². The predicted molar refractivity (Wildman–Crippen MR) is 115 cm³/mol. The number of H-pyrrole nitrogens is 1. The second-order valence-electron chi connectivity index (χ2n) is 6.53. The molecule has 0 radical (unpaired) electrons. The van der Waals surface area contributed by atoms with Crippen LogP contribution in [0.2, 0.25) is 0 Å². The van der Waals surface area contributed by atoms with Crippen molar-refractivity contribution in [2.45, 2.75) is 13.0 Å². The molecule has 1 aromatic heterocycles. The van der Waals surface area contributed by atoms with Crippen molar-refractivity contribution in [2.24, 2.45) is 0 Å². The summed E-state index contributed by atoms with van der Waals surface area (Å²) in [5, 5.41) is 6.28. The van der Waals surface area contributed by atoms with Crippen LogP contribution in [0.5, 0.6) is 5.75 Å². The van der Waals surface area contributed by atoms with Crippen LogP contribution >= 0.6 is 0 Å². The molecule has 0 saturated carbocycles. The van der Waals surface area contributed by atoms with Gasteiger partial charge in [0.25, 0.3) is 0 Å². The molecule has 1 heterocycles. The highest BCUT2D eigenvalue weighted by atomic mass is 16.5. The first kappa shape index (κ1) is 20.6. The summed E-state index contributed by atoms with van der Waals surface area (Å²) in [6.07, 6.45) is 3.83. The fourth-order valence-electron chi connectivity index (χ4n) is 3.07. The van der Waals surface area contributed by atoms with Crippen LogP contribution in [-0.2, 0) is 9.53 Å². The van der Waals surface area contributed by atoms with E-state index in [9.17, 15) is 4.79 Å². The van der Waals surface area contributed by atoms with Gasteiger partial charge in [0.2, 0.25) is 5.91 Å². The zero-order valence-electron chi connectivity index (χ0n) is 16.8. The van der Waals surface area contributed by atoms with Crippen LogP contribution in [0.3, 0.4) is 0 Å². The lowest BCUT2D eigenvalue weighted by Crippen LogP contribution is -2.35. The van der Waals surface area contributed by atoms with Crippen molar-refractivity contribution in [3.63, 3.8) is 0 Å². The summed E-state index contributed by atoms with van der Waals surface area (Å²) < 4.78 is 10.7. The van der Waals surface area contributed by atoms with Crippen LogP contribution in [0.4, 0.5) is 5.69 Å². The molecule has 0 spiro atoms. The van der Waals surface area contributed by atoms with E-state index in [-0.39, 0.29) is 5.91 Å². The second kappa shape index (κ2) is 10.5. The van der Waals surface area contributed by atoms with E-state index in [0.29, 0.717) is 25.5 Å². The van der Waals surface area contributed by atoms with Crippen molar-refractivity contribution in [1.29, 1.82) is 0 Å². The number of hydrogen-bond acceptors (Lipinski definition) is 4. The van der Waals surface area contributed by atoms with Crippen LogP contribution in [-0.4, -0.2) is 37.8 Å². The van der Waals surface area contributed by atoms with Crippen LogP contribution in [0.1, 0.15) is 18.5 Å². The van der Waals surface area contributed by atoms with Gasteiger partial charge in [-0.05, 0) is 53.9 Å². The zero-order valence-corrected chi connectivity index (χ0v) is 16.8. The van der Waals surface area contributed by atoms with Gasteiger partial charge in [-0.15, -0.1) is 0 Å². The molecule has 3 N–H and O–H groups in total. The summed E-state index contributed by atoms with van der Waals surface area (Å²) in [6, 6.07) is 16.8. The van der Waals surface area contributed by atoms with Gasteiger partial charge in [-0.25, -0.2) is 0 Å². The number of aromatic nitrogens is 1. The molecule has 6 heteroatoms. The molecule has 0 fully saturated rings. The summed E-state index contributed by atoms with van der Waals surface area (Å²) in [4.78, 5) is 16.1. The number of aromatic amines is 1. The highest BCUT2D eigenvalue weighted by Crippen LogP contribution is 2.23. The summed E-state index contributed by atoms with van der Waals surface area (Å²) in [6.45, 7) is 3.69. The van der Waals surface area contributed by atoms with Gasteiger partial charge in [-0.1, -0.05) is 24.3 Å². The van der Waals surface area contributed by atoms with Crippen molar-refractivity contribution in [2.75, 3.05) is 32.2 Å². The Morgan fingerprint density at radius 1 is 1.10 bits per heavy atom. The minimum Gasteiger partial charge on any atom is -0.497 e. The maximum atomic E-state index is 13.0. The smallest absolute Gasteiger partial charge is 0.246 e. The second-order valence-corrected chi connectivity index (χ2v) is 6.53. The summed E-state index contributed by atoms with van der Waals surface area (Å²) in [5.41, 5.74) is 3.77.